The summed E-state index contributed by atoms with van der Waals surface area (Å²) >= 11 is 0. The second-order valence-corrected chi connectivity index (χ2v) is 9.10. The highest BCUT2D eigenvalue weighted by molar-refractivity contribution is 7.89. The largest absolute Gasteiger partial charge is 0.340 e. The van der Waals surface area contributed by atoms with Crippen LogP contribution in [-0.4, -0.2) is 53.9 Å². The van der Waals surface area contributed by atoms with Crippen LogP contribution in [0.1, 0.15) is 18.9 Å². The fourth-order valence-electron chi connectivity index (χ4n) is 3.55. The molecule has 162 valence electrons. The quantitative estimate of drug-likeness (QED) is 0.604. The molecule has 4 rings (SSSR count). The molecule has 1 aromatic heterocycles. The summed E-state index contributed by atoms with van der Waals surface area (Å²) in [6.45, 7) is 1.01. The molecule has 10 heteroatoms. The van der Waals surface area contributed by atoms with Gasteiger partial charge in [-0.1, -0.05) is 41.6 Å². The number of likely N-dealkylation sites (tertiary alicyclic amines) is 1. The summed E-state index contributed by atoms with van der Waals surface area (Å²) in [7, 11) is -3.86. The van der Waals surface area contributed by atoms with Crippen molar-refractivity contribution in [3.63, 3.8) is 0 Å². The molecule has 1 amide bonds. The molecule has 0 saturated carbocycles. The molecule has 0 spiro atoms. The minimum Gasteiger partial charge on any atom is -0.340 e. The lowest BCUT2D eigenvalue weighted by molar-refractivity contribution is -0.130. The summed E-state index contributed by atoms with van der Waals surface area (Å²) in [5.41, 5.74) is 1.75. The number of carbonyl (C=O) groups is 1. The van der Waals surface area contributed by atoms with Gasteiger partial charge in [0.2, 0.25) is 15.9 Å². The van der Waals surface area contributed by atoms with Gasteiger partial charge < -0.3 is 4.90 Å². The second kappa shape index (κ2) is 8.94. The normalized spacial score (nSPS) is 16.5. The third kappa shape index (κ3) is 4.97. The van der Waals surface area contributed by atoms with E-state index in [-0.39, 0.29) is 29.8 Å². The topological polar surface area (TPSA) is 97.2 Å². The molecule has 3 aromatic rings. The highest BCUT2D eigenvalue weighted by Crippen LogP contribution is 2.24. The van der Waals surface area contributed by atoms with Gasteiger partial charge in [-0.2, -0.15) is 0 Å². The third-order valence-electron chi connectivity index (χ3n) is 5.21. The molecule has 1 fully saturated rings. The first kappa shape index (κ1) is 21.1. The smallest absolute Gasteiger partial charge is 0.240 e. The van der Waals surface area contributed by atoms with E-state index in [1.165, 1.54) is 18.2 Å². The third-order valence-corrected chi connectivity index (χ3v) is 6.67. The van der Waals surface area contributed by atoms with Crippen LogP contribution < -0.4 is 4.72 Å². The van der Waals surface area contributed by atoms with E-state index in [9.17, 15) is 17.6 Å². The maximum Gasteiger partial charge on any atom is 0.240 e. The van der Waals surface area contributed by atoms with E-state index in [1.54, 1.807) is 9.58 Å². The van der Waals surface area contributed by atoms with Gasteiger partial charge in [0.1, 0.15) is 11.5 Å². The molecule has 0 bridgehead atoms. The maximum absolute atomic E-state index is 13.3. The lowest BCUT2D eigenvalue weighted by Gasteiger charge is -2.16. The van der Waals surface area contributed by atoms with Gasteiger partial charge in [0, 0.05) is 31.6 Å². The van der Waals surface area contributed by atoms with Crippen LogP contribution >= 0.6 is 0 Å². The number of aromatic nitrogens is 3. The summed E-state index contributed by atoms with van der Waals surface area (Å²) in [6.07, 6.45) is 2.65. The average molecular weight is 444 g/mol. The van der Waals surface area contributed by atoms with E-state index in [1.807, 2.05) is 36.5 Å². The van der Waals surface area contributed by atoms with Crippen LogP contribution in [0.25, 0.3) is 11.3 Å². The van der Waals surface area contributed by atoms with Crippen LogP contribution in [-0.2, 0) is 14.8 Å². The zero-order valence-corrected chi connectivity index (χ0v) is 17.5. The Morgan fingerprint density at radius 1 is 1.16 bits per heavy atom. The molecule has 1 saturated heterocycles. The molecule has 8 nitrogen and oxygen atoms in total. The molecule has 1 unspecified atom stereocenters. The van der Waals surface area contributed by atoms with Crippen molar-refractivity contribution in [3.05, 3.63) is 66.6 Å². The number of halogens is 1. The molecular weight excluding hydrogens is 421 g/mol. The van der Waals surface area contributed by atoms with E-state index in [4.69, 9.17) is 0 Å². The Hall–Kier alpha value is -3.11. The Balaban J connectivity index is 1.30. The molecule has 1 aliphatic rings. The number of hydrogen-bond donors (Lipinski definition) is 1. The van der Waals surface area contributed by atoms with Gasteiger partial charge in [0.15, 0.2) is 0 Å². The molecule has 1 N–H and O–H groups in total. The molecule has 1 atom stereocenters. The summed E-state index contributed by atoms with van der Waals surface area (Å²) in [4.78, 5) is 14.0. The Bertz CT molecular complexity index is 1170. The monoisotopic (exact) mass is 443 g/mol. The van der Waals surface area contributed by atoms with E-state index in [2.05, 4.69) is 15.0 Å². The summed E-state index contributed by atoms with van der Waals surface area (Å²) in [5, 5.41) is 8.43. The molecule has 2 heterocycles. The predicted molar refractivity (Wildman–Crippen MR) is 112 cm³/mol. The zero-order chi connectivity index (χ0) is 21.8. The molecule has 31 heavy (non-hydrogen) atoms. The summed E-state index contributed by atoms with van der Waals surface area (Å²) in [6, 6.07) is 14.5. The highest BCUT2D eigenvalue weighted by atomic mass is 32.2. The first-order valence-electron chi connectivity index (χ1n) is 9.93. The maximum atomic E-state index is 13.3. The van der Waals surface area contributed by atoms with E-state index in [0.717, 1.165) is 23.7 Å². The van der Waals surface area contributed by atoms with E-state index >= 15 is 0 Å². The van der Waals surface area contributed by atoms with Crippen molar-refractivity contribution < 1.29 is 17.6 Å². The number of hydrogen-bond acceptors (Lipinski definition) is 5. The van der Waals surface area contributed by atoms with E-state index < -0.39 is 15.8 Å². The van der Waals surface area contributed by atoms with Crippen LogP contribution in [0.3, 0.4) is 0 Å². The summed E-state index contributed by atoms with van der Waals surface area (Å²) < 4.78 is 41.8. The van der Waals surface area contributed by atoms with Crippen molar-refractivity contribution >= 4 is 15.9 Å². The lowest BCUT2D eigenvalue weighted by atomic mass is 10.2. The number of nitrogens with one attached hydrogen (secondary N) is 1. The lowest BCUT2D eigenvalue weighted by Crippen LogP contribution is -2.33. The van der Waals surface area contributed by atoms with Crippen molar-refractivity contribution in [3.8, 4) is 11.3 Å². The Morgan fingerprint density at radius 3 is 2.74 bits per heavy atom. The van der Waals surface area contributed by atoms with E-state index in [0.29, 0.717) is 13.1 Å². The predicted octanol–water partition coefficient (Wildman–Crippen LogP) is 2.23. The number of carbonyl (C=O) groups excluding carboxylic acids is 1. The van der Waals surface area contributed by atoms with Crippen LogP contribution in [0.4, 0.5) is 4.39 Å². The zero-order valence-electron chi connectivity index (χ0n) is 16.7. The van der Waals surface area contributed by atoms with Gasteiger partial charge in [0.05, 0.1) is 17.1 Å². The SMILES string of the molecule is O=C(CCNS(=O)(=O)c1cccc(F)c1)N1CCC(n2cc(-c3ccccc3)nn2)C1. The number of amides is 1. The highest BCUT2D eigenvalue weighted by Gasteiger charge is 2.28. The molecular formula is C21H22FN5O3S. The standard InChI is InChI=1S/C21H22FN5O3S/c22-17-7-4-8-19(13-17)31(29,30)23-11-9-21(28)26-12-10-18(14-26)27-15-20(24-25-27)16-5-2-1-3-6-16/h1-8,13,15,18,23H,9-12,14H2. The van der Waals surface area contributed by atoms with Crippen molar-refractivity contribution in [1.29, 1.82) is 0 Å². The fourth-order valence-corrected chi connectivity index (χ4v) is 4.61. The molecule has 0 radical (unpaired) electrons. The second-order valence-electron chi connectivity index (χ2n) is 7.34. The molecule has 2 aromatic carbocycles. The van der Waals surface area contributed by atoms with Gasteiger partial charge >= 0.3 is 0 Å². The van der Waals surface area contributed by atoms with Gasteiger partial charge in [-0.3, -0.25) is 4.79 Å². The van der Waals surface area contributed by atoms with Gasteiger partial charge in [-0.05, 0) is 24.6 Å². The van der Waals surface area contributed by atoms with Crippen LogP contribution in [0, 0.1) is 5.82 Å². The summed E-state index contributed by atoms with van der Waals surface area (Å²) in [5.74, 6) is -0.779. The van der Waals surface area contributed by atoms with Gasteiger partial charge in [-0.15, -0.1) is 5.10 Å². The Labute approximate surface area is 179 Å². The Morgan fingerprint density at radius 2 is 1.97 bits per heavy atom. The number of sulfonamides is 1. The minimum absolute atomic E-state index is 0.0217. The van der Waals surface area contributed by atoms with Crippen LogP contribution in [0.2, 0.25) is 0 Å². The van der Waals surface area contributed by atoms with Crippen molar-refractivity contribution in [2.75, 3.05) is 19.6 Å². The first-order chi connectivity index (χ1) is 14.9. The van der Waals surface area contributed by atoms with Crippen molar-refractivity contribution in [2.24, 2.45) is 0 Å². The molecule has 1 aliphatic heterocycles. The minimum atomic E-state index is -3.86. The first-order valence-corrected chi connectivity index (χ1v) is 11.4. The fraction of sp³-hybridized carbons (Fsp3) is 0.286. The van der Waals surface area contributed by atoms with Crippen LogP contribution in [0.15, 0.2) is 65.7 Å². The average Bonchev–Trinajstić information content (AvgIpc) is 3.44. The van der Waals surface area contributed by atoms with Crippen molar-refractivity contribution in [2.45, 2.75) is 23.8 Å². The molecule has 0 aliphatic carbocycles. The number of benzene rings is 2. The van der Waals surface area contributed by atoms with Crippen molar-refractivity contribution in [1.82, 2.24) is 24.6 Å². The van der Waals surface area contributed by atoms with Gasteiger partial charge in [0.25, 0.3) is 0 Å². The van der Waals surface area contributed by atoms with Crippen LogP contribution in [0.5, 0.6) is 0 Å². The van der Waals surface area contributed by atoms with Gasteiger partial charge in [-0.25, -0.2) is 22.2 Å². The number of nitrogens with zero attached hydrogens (tertiary/aromatic N) is 4. The number of rotatable bonds is 7. The Kier molecular flexibility index (Phi) is 6.10.